The summed E-state index contributed by atoms with van der Waals surface area (Å²) in [4.78, 5) is 21.3. The van der Waals surface area contributed by atoms with Gasteiger partial charge < -0.3 is 14.4 Å². The van der Waals surface area contributed by atoms with Crippen LogP contribution >= 0.6 is 0 Å². The molecule has 1 aliphatic heterocycles. The molecule has 136 valence electrons. The van der Waals surface area contributed by atoms with Crippen molar-refractivity contribution in [2.24, 2.45) is 0 Å². The van der Waals surface area contributed by atoms with Gasteiger partial charge >= 0.3 is 5.97 Å². The third-order valence-electron chi connectivity index (χ3n) is 4.04. The Morgan fingerprint density at radius 2 is 1.70 bits per heavy atom. The van der Waals surface area contributed by atoms with E-state index in [4.69, 9.17) is 14.5 Å². The number of rotatable bonds is 7. The van der Waals surface area contributed by atoms with Gasteiger partial charge in [-0.3, -0.25) is 4.89 Å². The molecule has 1 fully saturated rings. The highest BCUT2D eigenvalue weighted by Gasteiger charge is 2.45. The highest BCUT2D eigenvalue weighted by molar-refractivity contribution is 5.69. The number of hydrogen-bond donors (Lipinski definition) is 1. The van der Waals surface area contributed by atoms with Crippen molar-refractivity contribution < 1.29 is 29.0 Å². The van der Waals surface area contributed by atoms with E-state index in [1.165, 1.54) is 5.06 Å². The lowest BCUT2D eigenvalue weighted by atomic mass is 9.80. The first-order valence-corrected chi connectivity index (χ1v) is 8.07. The van der Waals surface area contributed by atoms with E-state index in [9.17, 15) is 10.0 Å². The fourth-order valence-electron chi connectivity index (χ4n) is 2.93. The SMILES string of the molecule is CC1(C)CC(OCC(=O)OOCC[N+](C)(C)C)CC(C)(C)N1O. The van der Waals surface area contributed by atoms with Crippen LogP contribution in [0.5, 0.6) is 0 Å². The molecule has 0 spiro atoms. The van der Waals surface area contributed by atoms with E-state index >= 15 is 0 Å². The standard InChI is InChI=1S/C16H33N2O5/c1-15(2)10-13(11-16(3,4)17(15)20)21-12-14(19)23-22-9-8-18(5,6)7/h13,20H,8-12H2,1-7H3/q+1. The Hall–Kier alpha value is -0.730. The van der Waals surface area contributed by atoms with Gasteiger partial charge in [0.1, 0.15) is 19.8 Å². The molecule has 23 heavy (non-hydrogen) atoms. The number of piperidine rings is 1. The van der Waals surface area contributed by atoms with Gasteiger partial charge in [-0.25, -0.2) is 4.79 Å². The van der Waals surface area contributed by atoms with Gasteiger partial charge in [-0.05, 0) is 40.5 Å². The van der Waals surface area contributed by atoms with Crippen molar-refractivity contribution >= 4 is 5.97 Å². The van der Waals surface area contributed by atoms with E-state index in [2.05, 4.69) is 0 Å². The molecule has 1 aliphatic rings. The van der Waals surface area contributed by atoms with E-state index in [0.29, 0.717) is 19.4 Å². The van der Waals surface area contributed by atoms with Crippen molar-refractivity contribution in [3.63, 3.8) is 0 Å². The van der Waals surface area contributed by atoms with Gasteiger partial charge in [0.25, 0.3) is 0 Å². The number of carbonyl (C=O) groups excluding carboxylic acids is 1. The van der Waals surface area contributed by atoms with Crippen LogP contribution in [0.3, 0.4) is 0 Å². The number of carbonyl (C=O) groups is 1. The largest absolute Gasteiger partial charge is 0.367 e. The Morgan fingerprint density at radius 3 is 2.17 bits per heavy atom. The smallest absolute Gasteiger partial charge is 0.366 e. The zero-order chi connectivity index (χ0) is 17.9. The van der Waals surface area contributed by atoms with Crippen molar-refractivity contribution in [2.45, 2.75) is 57.7 Å². The summed E-state index contributed by atoms with van der Waals surface area (Å²) in [7, 11) is 6.10. The molecule has 7 heteroatoms. The molecule has 1 saturated heterocycles. The van der Waals surface area contributed by atoms with E-state index in [1.54, 1.807) is 0 Å². The summed E-state index contributed by atoms with van der Waals surface area (Å²) in [5.41, 5.74) is -0.811. The van der Waals surface area contributed by atoms with Gasteiger partial charge in [-0.2, -0.15) is 9.95 Å². The molecular weight excluding hydrogens is 300 g/mol. The minimum atomic E-state index is -0.534. The molecule has 0 unspecified atom stereocenters. The quantitative estimate of drug-likeness (QED) is 0.330. The lowest BCUT2D eigenvalue weighted by Crippen LogP contribution is -2.60. The monoisotopic (exact) mass is 333 g/mol. The average molecular weight is 333 g/mol. The van der Waals surface area contributed by atoms with Crippen LogP contribution in [-0.4, -0.2) is 78.8 Å². The summed E-state index contributed by atoms with van der Waals surface area (Å²) in [6.07, 6.45) is 1.17. The van der Waals surface area contributed by atoms with Crippen molar-refractivity contribution in [2.75, 3.05) is 40.9 Å². The van der Waals surface area contributed by atoms with Crippen LogP contribution in [0.4, 0.5) is 0 Å². The van der Waals surface area contributed by atoms with Crippen molar-refractivity contribution in [1.29, 1.82) is 0 Å². The first-order valence-electron chi connectivity index (χ1n) is 8.07. The molecule has 0 amide bonds. The van der Waals surface area contributed by atoms with Crippen LogP contribution < -0.4 is 0 Å². The molecule has 0 aliphatic carbocycles. The molecule has 1 rings (SSSR count). The molecule has 1 N–H and O–H groups in total. The molecule has 0 radical (unpaired) electrons. The number of nitrogens with zero attached hydrogens (tertiary/aromatic N) is 2. The van der Waals surface area contributed by atoms with Gasteiger partial charge in [0.2, 0.25) is 0 Å². The topological polar surface area (TPSA) is 68.2 Å². The molecule has 1 heterocycles. The van der Waals surface area contributed by atoms with Crippen molar-refractivity contribution in [3.8, 4) is 0 Å². The van der Waals surface area contributed by atoms with Gasteiger partial charge in [-0.1, -0.05) is 0 Å². The lowest BCUT2D eigenvalue weighted by Gasteiger charge is -2.51. The number of ether oxygens (including phenoxy) is 1. The highest BCUT2D eigenvalue weighted by atomic mass is 17.2. The summed E-state index contributed by atoms with van der Waals surface area (Å²) >= 11 is 0. The Kier molecular flexibility index (Phi) is 6.57. The zero-order valence-corrected chi connectivity index (χ0v) is 15.6. The number of hydroxylamine groups is 2. The first-order chi connectivity index (χ1) is 10.3. The maximum Gasteiger partial charge on any atom is 0.367 e. The second kappa shape index (κ2) is 7.44. The van der Waals surface area contributed by atoms with Crippen LogP contribution in [0.15, 0.2) is 0 Å². The zero-order valence-electron chi connectivity index (χ0n) is 15.6. The lowest BCUT2D eigenvalue weighted by molar-refractivity contribution is -0.871. The summed E-state index contributed by atoms with van der Waals surface area (Å²) < 4.78 is 6.40. The molecule has 0 aromatic carbocycles. The van der Waals surface area contributed by atoms with Crippen LogP contribution in [0, 0.1) is 0 Å². The second-order valence-electron chi connectivity index (χ2n) is 8.57. The summed E-state index contributed by atoms with van der Waals surface area (Å²) in [6.45, 7) is 8.76. The predicted molar refractivity (Wildman–Crippen MR) is 85.7 cm³/mol. The third-order valence-corrected chi connectivity index (χ3v) is 4.04. The minimum Gasteiger partial charge on any atom is -0.366 e. The Morgan fingerprint density at radius 1 is 1.17 bits per heavy atom. The van der Waals surface area contributed by atoms with E-state index in [-0.39, 0.29) is 12.7 Å². The first kappa shape index (κ1) is 20.3. The normalized spacial score (nSPS) is 22.1. The fourth-order valence-corrected chi connectivity index (χ4v) is 2.93. The Bertz CT molecular complexity index is 386. The van der Waals surface area contributed by atoms with Gasteiger partial charge in [0.05, 0.1) is 27.2 Å². The summed E-state index contributed by atoms with van der Waals surface area (Å²) in [5, 5.41) is 11.6. The van der Waals surface area contributed by atoms with E-state index in [0.717, 1.165) is 11.0 Å². The van der Waals surface area contributed by atoms with Crippen LogP contribution in [0.2, 0.25) is 0 Å². The van der Waals surface area contributed by atoms with E-state index < -0.39 is 17.0 Å². The summed E-state index contributed by atoms with van der Waals surface area (Å²) in [5.74, 6) is -0.534. The van der Waals surface area contributed by atoms with Crippen molar-refractivity contribution in [1.82, 2.24) is 5.06 Å². The molecule has 0 aromatic rings. The van der Waals surface area contributed by atoms with Crippen molar-refractivity contribution in [3.05, 3.63) is 0 Å². The average Bonchev–Trinajstić information content (AvgIpc) is 2.37. The molecule has 7 nitrogen and oxygen atoms in total. The maximum atomic E-state index is 11.7. The third kappa shape index (κ3) is 6.73. The molecular formula is C16H33N2O5+. The fraction of sp³-hybridized carbons (Fsp3) is 0.938. The predicted octanol–water partition coefficient (Wildman–Crippen LogP) is 1.59. The summed E-state index contributed by atoms with van der Waals surface area (Å²) in [6, 6.07) is 0. The Balaban J connectivity index is 2.33. The van der Waals surface area contributed by atoms with Crippen LogP contribution in [0.25, 0.3) is 0 Å². The highest BCUT2D eigenvalue weighted by Crippen LogP contribution is 2.37. The van der Waals surface area contributed by atoms with Crippen LogP contribution in [0.1, 0.15) is 40.5 Å². The number of likely N-dealkylation sites (N-methyl/N-ethyl adjacent to an activating group) is 1. The van der Waals surface area contributed by atoms with Gasteiger partial charge in [-0.15, -0.1) is 0 Å². The second-order valence-corrected chi connectivity index (χ2v) is 8.57. The molecule has 0 aromatic heterocycles. The minimum absolute atomic E-state index is 0.109. The molecule has 0 atom stereocenters. The van der Waals surface area contributed by atoms with Gasteiger partial charge in [0, 0.05) is 11.1 Å². The van der Waals surface area contributed by atoms with Crippen LogP contribution in [-0.2, 0) is 19.3 Å². The Labute approximate surface area is 139 Å². The van der Waals surface area contributed by atoms with Gasteiger partial charge in [0.15, 0.2) is 0 Å². The van der Waals surface area contributed by atoms with E-state index in [1.807, 2.05) is 48.8 Å². The molecule has 0 bridgehead atoms. The number of quaternary nitrogens is 1. The number of hydrogen-bond acceptors (Lipinski definition) is 6. The molecule has 0 saturated carbocycles. The maximum absolute atomic E-state index is 11.7.